The Kier molecular flexibility index (Phi) is 19.5. The van der Waals surface area contributed by atoms with Crippen molar-refractivity contribution in [2.45, 2.75) is 227 Å². The Hall–Kier alpha value is -8.64. The fraction of sp³-hybridized carbons (Fsp3) is 0.657. The minimum Gasteiger partial charge on any atom is -0.381 e. The van der Waals surface area contributed by atoms with E-state index in [0.717, 1.165) is 0 Å². The number of likely N-dealkylation sites (N-methyl/N-ethyl adjacent to an activating group) is 2. The number of nitrogens with one attached hydrogen (secondary N) is 10. The predicted octanol–water partition coefficient (Wildman–Crippen LogP) is -2.59. The molecular weight excluding hydrogens is 1340 g/mol. The largest absolute Gasteiger partial charge is 0.381 e. The van der Waals surface area contributed by atoms with Gasteiger partial charge in [0, 0.05) is 88.7 Å². The lowest BCUT2D eigenvalue weighted by Crippen LogP contribution is -2.69. The number of fused-ring (bicyclic) bond motifs is 16. The summed E-state index contributed by atoms with van der Waals surface area (Å²) >= 11 is 0. The van der Waals surface area contributed by atoms with Crippen molar-refractivity contribution in [1.29, 1.82) is 0 Å². The molecule has 0 bridgehead atoms. The molecule has 12 N–H and O–H groups in total. The lowest BCUT2D eigenvalue weighted by atomic mass is 9.86. The maximum Gasteiger partial charge on any atom is 0.261 e. The van der Waals surface area contributed by atoms with Gasteiger partial charge in [0.2, 0.25) is 35.4 Å². The summed E-state index contributed by atoms with van der Waals surface area (Å²) in [4.78, 5) is 187. The Morgan fingerprint density at radius 2 is 0.644 bits per heavy atom. The van der Waals surface area contributed by atoms with Crippen LogP contribution in [0, 0.1) is 11.8 Å². The van der Waals surface area contributed by atoms with Gasteiger partial charge in [-0.1, -0.05) is 39.8 Å². The van der Waals surface area contributed by atoms with Crippen LogP contribution in [0.1, 0.15) is 143 Å². The van der Waals surface area contributed by atoms with Crippen LogP contribution < -0.4 is 53.8 Å². The molecule has 12 amide bonds. The molecule has 0 spiro atoms. The molecule has 2 aromatic rings. The van der Waals surface area contributed by atoms with E-state index in [1.807, 2.05) is 0 Å². The average Bonchev–Trinajstić information content (AvgIpc) is 1.55. The molecule has 12 aliphatic rings. The van der Waals surface area contributed by atoms with E-state index in [9.17, 15) is 39.0 Å². The number of carbonyl (C=O) groups is 12. The van der Waals surface area contributed by atoms with Gasteiger partial charge in [-0.05, 0) is 138 Å². The highest BCUT2D eigenvalue weighted by molar-refractivity contribution is 6.02. The van der Waals surface area contributed by atoms with Gasteiger partial charge in [-0.25, -0.2) is 32.6 Å². The third-order valence-corrected chi connectivity index (χ3v) is 23.8. The number of hydrazine groups is 6. The number of carbonyl (C=O) groups excluding carboxylic acids is 12. The molecule has 0 radical (unpaired) electrons. The highest BCUT2D eigenvalue weighted by atomic mass is 16.3. The smallest absolute Gasteiger partial charge is 0.261 e. The second-order valence-corrected chi connectivity index (χ2v) is 30.8. The molecule has 34 heteroatoms. The number of amides is 12. The average molecular weight is 1440 g/mol. The van der Waals surface area contributed by atoms with Gasteiger partial charge in [-0.2, -0.15) is 0 Å². The number of benzene rings is 2. The summed E-state index contributed by atoms with van der Waals surface area (Å²) in [5.74, 6) is -8.80. The van der Waals surface area contributed by atoms with Crippen molar-refractivity contribution < 1.29 is 67.7 Å². The van der Waals surface area contributed by atoms with Crippen molar-refractivity contribution in [3.8, 4) is 11.1 Å². The van der Waals surface area contributed by atoms with Crippen LogP contribution in [-0.4, -0.2) is 269 Å². The van der Waals surface area contributed by atoms with Crippen LogP contribution in [0.3, 0.4) is 0 Å². The Bertz CT molecular complexity index is 3620. The molecule has 2 aromatic carbocycles. The lowest BCUT2D eigenvalue weighted by molar-refractivity contribution is -0.165. The molecule has 34 nitrogen and oxygen atoms in total. The fourth-order valence-electron chi connectivity index (χ4n) is 17.7. The van der Waals surface area contributed by atoms with E-state index in [2.05, 4.69) is 53.8 Å². The maximum atomic E-state index is 15.8. The molecule has 10 fully saturated rings. The standard InChI is InChI=1S/C70H98N20O14/c1-35(2)53-65(101)89-49(19-13-29-75-89)63(99)87-45(15-9-27-73-87)59(95)81(7)37(5)57(93)85-47(17-11-25-71-85)61(97)83-51(55(91)79-53)33-69(103)41-31-39(21-23-43(41)77-67(69)83)40-22-24-44-42(32-40)70(104)34-52-56(92)80-54(36(3)4)66(102)90-50(20-14-30-76-90)64(100)88-46(16-10-28-74-88)60(96)82(8)38(6)58(94)86-48(18-12-26-72-86)62(98)84(52)68(70)78-44/h21-24,31-32,35-38,45-54,67-68,71-78,103-104H,9-20,25-30,33-34H2,1-8H3,(H,79,91)(H,80,92)/t37-,38-,45+,46+,47+,48+,49-,50-,51-,52?,53+,54+,67-,68-,69+,70+/m0/s1. The van der Waals surface area contributed by atoms with Crippen LogP contribution in [0.2, 0.25) is 0 Å². The number of hydrogen-bond donors (Lipinski definition) is 12. The Morgan fingerprint density at radius 3 is 0.952 bits per heavy atom. The van der Waals surface area contributed by atoms with E-state index in [-0.39, 0.29) is 62.7 Å². The summed E-state index contributed by atoms with van der Waals surface area (Å²) in [6, 6.07) is -4.31. The van der Waals surface area contributed by atoms with E-state index in [4.69, 9.17) is 0 Å². The van der Waals surface area contributed by atoms with Gasteiger partial charge in [-0.3, -0.25) is 87.6 Å². The SMILES string of the molecule is CC(C)[C@H]1NC(=O)C2C[C@@]3(O)c4cc(-c5ccc6c(c5)[C@]5(O)C[C@H]7C(=O)N[C@H](C(C)C)C(=O)N8NCCC[C@H]8C(=O)N8NCCC[C@@H]8C(=O)N(C)[C@@H](C)C(=O)N8NCCC[C@@H]8C(=O)N7[C@@H]5N6)ccc4N[C@H]3N2C(=O)[C@H]2CCCNN2C(=O)[C@H](C)N(C)C(=O)[C@H]2CCCNN2C(=O)[C@@H]2CCCNN2C1=O. The van der Waals surface area contributed by atoms with Crippen LogP contribution in [0.4, 0.5) is 11.4 Å². The third kappa shape index (κ3) is 12.0. The van der Waals surface area contributed by atoms with Gasteiger partial charge < -0.3 is 51.1 Å². The quantitative estimate of drug-likeness (QED) is 0.150. The molecule has 12 aliphatic heterocycles. The number of aliphatic hydroxyl groups is 2. The number of hydrogen-bond acceptors (Lipinski definition) is 22. The summed E-state index contributed by atoms with van der Waals surface area (Å²) in [7, 11) is 2.94. The highest BCUT2D eigenvalue weighted by Gasteiger charge is 2.64. The first kappa shape index (κ1) is 72.3. The molecule has 12 heterocycles. The topological polar surface area (TPSA) is 398 Å². The van der Waals surface area contributed by atoms with Gasteiger partial charge in [0.25, 0.3) is 35.4 Å². The zero-order valence-corrected chi connectivity index (χ0v) is 60.1. The fourth-order valence-corrected chi connectivity index (χ4v) is 17.7. The Balaban J connectivity index is 0.803. The molecule has 1 unspecified atom stereocenters. The van der Waals surface area contributed by atoms with Crippen molar-refractivity contribution in [1.82, 2.24) is 92.8 Å². The summed E-state index contributed by atoms with van der Waals surface area (Å²) in [6.07, 6.45) is 0.665. The normalized spacial score (nSPS) is 35.0. The number of rotatable bonds is 3. The van der Waals surface area contributed by atoms with E-state index in [1.165, 1.54) is 77.6 Å². The molecule has 0 saturated carbocycles. The monoisotopic (exact) mass is 1440 g/mol. The van der Waals surface area contributed by atoms with Gasteiger partial charge in [0.15, 0.2) is 0 Å². The van der Waals surface area contributed by atoms with Crippen molar-refractivity contribution in [3.05, 3.63) is 47.5 Å². The second-order valence-electron chi connectivity index (χ2n) is 30.8. The minimum atomic E-state index is -2.04. The van der Waals surface area contributed by atoms with E-state index >= 15 is 28.8 Å². The third-order valence-electron chi connectivity index (χ3n) is 23.8. The van der Waals surface area contributed by atoms with Gasteiger partial charge >= 0.3 is 0 Å². The molecule has 10 saturated heterocycles. The number of nitrogens with zero attached hydrogens (tertiary/aromatic N) is 10. The van der Waals surface area contributed by atoms with Crippen LogP contribution >= 0.6 is 0 Å². The summed E-state index contributed by atoms with van der Waals surface area (Å²) < 4.78 is 0. The van der Waals surface area contributed by atoms with Crippen LogP contribution in [0.5, 0.6) is 0 Å². The highest BCUT2D eigenvalue weighted by Crippen LogP contribution is 2.54. The van der Waals surface area contributed by atoms with Crippen molar-refractivity contribution in [2.75, 3.05) is 64.0 Å². The van der Waals surface area contributed by atoms with Gasteiger partial charge in [-0.15, -0.1) is 0 Å². The molecular formula is C70H98N20O14. The first-order valence-corrected chi connectivity index (χ1v) is 37.1. The molecule has 0 aromatic heterocycles. The van der Waals surface area contributed by atoms with Gasteiger partial charge in [0.05, 0.1) is 0 Å². The van der Waals surface area contributed by atoms with Crippen molar-refractivity contribution in [2.24, 2.45) is 11.8 Å². The van der Waals surface area contributed by atoms with Crippen LogP contribution in [-0.2, 0) is 68.7 Å². The maximum absolute atomic E-state index is 15.8. The van der Waals surface area contributed by atoms with Crippen molar-refractivity contribution >= 4 is 82.3 Å². The van der Waals surface area contributed by atoms with Gasteiger partial charge in [0.1, 0.15) is 96.0 Å². The molecule has 16 atom stereocenters. The Labute approximate surface area is 602 Å². The first-order valence-electron chi connectivity index (χ1n) is 37.1. The number of anilines is 2. The van der Waals surface area contributed by atoms with E-state index in [1.54, 1.807) is 64.1 Å². The predicted molar refractivity (Wildman–Crippen MR) is 370 cm³/mol. The van der Waals surface area contributed by atoms with Crippen molar-refractivity contribution in [3.63, 3.8) is 0 Å². The summed E-state index contributed by atoms with van der Waals surface area (Å²) in [6.45, 7) is 12.0. The summed E-state index contributed by atoms with van der Waals surface area (Å²) in [5, 5.41) is 47.0. The Morgan fingerprint density at radius 1 is 0.365 bits per heavy atom. The zero-order valence-electron chi connectivity index (χ0n) is 60.1. The zero-order chi connectivity index (χ0) is 73.9. The minimum absolute atomic E-state index is 0.128. The van der Waals surface area contributed by atoms with Crippen LogP contribution in [0.25, 0.3) is 11.1 Å². The second kappa shape index (κ2) is 28.0. The lowest BCUT2D eigenvalue weighted by Gasteiger charge is -2.45. The summed E-state index contributed by atoms with van der Waals surface area (Å²) in [5.41, 5.74) is 16.8. The molecule has 104 heavy (non-hydrogen) atoms. The molecule has 0 aliphatic carbocycles. The molecule has 562 valence electrons. The van der Waals surface area contributed by atoms with Crippen LogP contribution in [0.15, 0.2) is 36.4 Å². The molecule has 14 rings (SSSR count). The first-order chi connectivity index (χ1) is 49.7. The van der Waals surface area contributed by atoms with E-state index in [0.29, 0.717) is 87.2 Å². The van der Waals surface area contributed by atoms with E-state index < -0.39 is 192 Å².